The lowest BCUT2D eigenvalue weighted by molar-refractivity contribution is -0.0285. The van der Waals surface area contributed by atoms with E-state index >= 15 is 0 Å². The van der Waals surface area contributed by atoms with Gasteiger partial charge in [0.2, 0.25) is 0 Å². The number of halogens is 1. The summed E-state index contributed by atoms with van der Waals surface area (Å²) in [6.45, 7) is 3.74. The van der Waals surface area contributed by atoms with Crippen LogP contribution in [0.1, 0.15) is 29.2 Å². The minimum Gasteiger partial charge on any atom is -0.494 e. The van der Waals surface area contributed by atoms with E-state index in [9.17, 15) is 9.18 Å². The van der Waals surface area contributed by atoms with Gasteiger partial charge in [-0.05, 0) is 19.1 Å². The molecule has 0 aliphatic carbocycles. The van der Waals surface area contributed by atoms with Crippen molar-refractivity contribution < 1.29 is 18.7 Å². The highest BCUT2D eigenvalue weighted by atomic mass is 19.1. The van der Waals surface area contributed by atoms with E-state index in [1.807, 2.05) is 11.5 Å². The molecule has 1 fully saturated rings. The number of rotatable bonds is 4. The predicted octanol–water partition coefficient (Wildman–Crippen LogP) is 1.66. The maximum absolute atomic E-state index is 14.3. The number of morpholine rings is 1. The fourth-order valence-corrected chi connectivity index (χ4v) is 2.75. The van der Waals surface area contributed by atoms with Crippen LogP contribution >= 0.6 is 0 Å². The highest BCUT2D eigenvalue weighted by Crippen LogP contribution is 2.25. The summed E-state index contributed by atoms with van der Waals surface area (Å²) in [7, 11) is 1.37. The quantitative estimate of drug-likeness (QED) is 0.850. The van der Waals surface area contributed by atoms with E-state index in [2.05, 4.69) is 10.2 Å². The zero-order chi connectivity index (χ0) is 17.1. The van der Waals surface area contributed by atoms with Crippen LogP contribution in [0.3, 0.4) is 0 Å². The average Bonchev–Trinajstić information content (AvgIpc) is 3.10. The number of hydrogen-bond acceptors (Lipinski definition) is 5. The van der Waals surface area contributed by atoms with Crippen molar-refractivity contribution in [2.24, 2.45) is 0 Å². The Labute approximate surface area is 139 Å². The Morgan fingerprint density at radius 1 is 1.50 bits per heavy atom. The first kappa shape index (κ1) is 16.4. The lowest BCUT2D eigenvalue weighted by Gasteiger charge is -2.32. The molecule has 7 nitrogen and oxygen atoms in total. The van der Waals surface area contributed by atoms with Crippen LogP contribution < -0.4 is 4.74 Å². The molecule has 1 amide bonds. The normalized spacial score (nSPS) is 17.8. The van der Waals surface area contributed by atoms with Crippen molar-refractivity contribution in [1.29, 1.82) is 0 Å². The minimum absolute atomic E-state index is 0.00745. The average molecular weight is 334 g/mol. The van der Waals surface area contributed by atoms with Gasteiger partial charge in [-0.1, -0.05) is 6.07 Å². The second kappa shape index (κ2) is 6.96. The van der Waals surface area contributed by atoms with Gasteiger partial charge in [-0.3, -0.25) is 4.79 Å². The molecule has 128 valence electrons. The summed E-state index contributed by atoms with van der Waals surface area (Å²) >= 11 is 0. The third kappa shape index (κ3) is 2.96. The molecule has 0 saturated carbocycles. The maximum atomic E-state index is 14.3. The highest BCUT2D eigenvalue weighted by Gasteiger charge is 2.30. The molecule has 2 heterocycles. The molecule has 1 unspecified atom stereocenters. The Bertz CT molecular complexity index is 734. The SMILES string of the molecule is CCn1cnnc1C1CN(C(=O)c2cccc(OC)c2F)CCO1. The summed E-state index contributed by atoms with van der Waals surface area (Å²) in [4.78, 5) is 14.3. The number of nitrogens with zero attached hydrogens (tertiary/aromatic N) is 4. The number of aromatic nitrogens is 3. The summed E-state index contributed by atoms with van der Waals surface area (Å²) in [6, 6.07) is 4.54. The van der Waals surface area contributed by atoms with Crippen LogP contribution in [0.15, 0.2) is 24.5 Å². The molecule has 1 aliphatic rings. The Morgan fingerprint density at radius 3 is 3.08 bits per heavy atom. The minimum atomic E-state index is -0.648. The molecular formula is C16H19FN4O3. The van der Waals surface area contributed by atoms with Gasteiger partial charge in [-0.15, -0.1) is 10.2 Å². The van der Waals surface area contributed by atoms with Crippen molar-refractivity contribution in [2.45, 2.75) is 19.6 Å². The number of methoxy groups -OCH3 is 1. The van der Waals surface area contributed by atoms with Gasteiger partial charge in [0.15, 0.2) is 17.4 Å². The molecule has 0 N–H and O–H groups in total. The predicted molar refractivity (Wildman–Crippen MR) is 83.2 cm³/mol. The van der Waals surface area contributed by atoms with Gasteiger partial charge in [-0.25, -0.2) is 4.39 Å². The number of carbonyl (C=O) groups is 1. The van der Waals surface area contributed by atoms with Crippen molar-refractivity contribution in [3.05, 3.63) is 41.7 Å². The van der Waals surface area contributed by atoms with E-state index in [0.717, 1.165) is 0 Å². The van der Waals surface area contributed by atoms with Gasteiger partial charge >= 0.3 is 0 Å². The van der Waals surface area contributed by atoms with E-state index in [1.54, 1.807) is 17.3 Å². The summed E-state index contributed by atoms with van der Waals surface area (Å²) in [5.74, 6) is -0.315. The fraction of sp³-hybridized carbons (Fsp3) is 0.438. The Morgan fingerprint density at radius 2 is 2.33 bits per heavy atom. The van der Waals surface area contributed by atoms with Crippen LogP contribution in [-0.4, -0.2) is 52.4 Å². The van der Waals surface area contributed by atoms with Crippen molar-refractivity contribution >= 4 is 5.91 Å². The van der Waals surface area contributed by atoms with E-state index in [-0.39, 0.29) is 23.3 Å². The summed E-state index contributed by atoms with van der Waals surface area (Å²) in [5, 5.41) is 7.96. The molecule has 3 rings (SSSR count). The van der Waals surface area contributed by atoms with E-state index < -0.39 is 5.82 Å². The van der Waals surface area contributed by atoms with Crippen LogP contribution in [0.2, 0.25) is 0 Å². The number of amides is 1. The number of carbonyl (C=O) groups excluding carboxylic acids is 1. The number of hydrogen-bond donors (Lipinski definition) is 0. The molecule has 0 radical (unpaired) electrons. The second-order valence-electron chi connectivity index (χ2n) is 5.41. The molecule has 1 aliphatic heterocycles. The molecule has 24 heavy (non-hydrogen) atoms. The van der Waals surface area contributed by atoms with Gasteiger partial charge in [0.25, 0.3) is 5.91 Å². The summed E-state index contributed by atoms with van der Waals surface area (Å²) in [6.07, 6.45) is 1.25. The van der Waals surface area contributed by atoms with Gasteiger partial charge < -0.3 is 18.9 Å². The van der Waals surface area contributed by atoms with Crippen molar-refractivity contribution in [3.63, 3.8) is 0 Å². The number of benzene rings is 1. The van der Waals surface area contributed by atoms with Crippen LogP contribution in [-0.2, 0) is 11.3 Å². The summed E-state index contributed by atoms with van der Waals surface area (Å²) < 4.78 is 26.9. The van der Waals surface area contributed by atoms with Crippen molar-refractivity contribution in [1.82, 2.24) is 19.7 Å². The fourth-order valence-electron chi connectivity index (χ4n) is 2.75. The van der Waals surface area contributed by atoms with Crippen LogP contribution in [0, 0.1) is 5.82 Å². The van der Waals surface area contributed by atoms with Crippen LogP contribution in [0.4, 0.5) is 4.39 Å². The molecular weight excluding hydrogens is 315 g/mol. The Kier molecular flexibility index (Phi) is 4.75. The molecule has 1 saturated heterocycles. The second-order valence-corrected chi connectivity index (χ2v) is 5.41. The van der Waals surface area contributed by atoms with Crippen molar-refractivity contribution in [2.75, 3.05) is 26.8 Å². The first-order valence-electron chi connectivity index (χ1n) is 7.76. The van der Waals surface area contributed by atoms with Crippen molar-refractivity contribution in [3.8, 4) is 5.75 Å². The molecule has 2 aromatic rings. The molecule has 1 aromatic carbocycles. The zero-order valence-corrected chi connectivity index (χ0v) is 13.6. The maximum Gasteiger partial charge on any atom is 0.257 e. The van der Waals surface area contributed by atoms with Crippen LogP contribution in [0.25, 0.3) is 0 Å². The van der Waals surface area contributed by atoms with E-state index in [1.165, 1.54) is 19.2 Å². The standard InChI is InChI=1S/C16H19FN4O3/c1-3-20-10-18-19-15(20)13-9-21(7-8-24-13)16(22)11-5-4-6-12(23-2)14(11)17/h4-6,10,13H,3,7-9H2,1-2H3. The van der Waals surface area contributed by atoms with E-state index in [0.29, 0.717) is 32.1 Å². The molecule has 0 bridgehead atoms. The smallest absolute Gasteiger partial charge is 0.257 e. The summed E-state index contributed by atoms with van der Waals surface area (Å²) in [5.41, 5.74) is -0.00745. The zero-order valence-electron chi connectivity index (χ0n) is 13.6. The van der Waals surface area contributed by atoms with Gasteiger partial charge in [0, 0.05) is 13.1 Å². The van der Waals surface area contributed by atoms with Crippen LogP contribution in [0.5, 0.6) is 5.75 Å². The molecule has 1 atom stereocenters. The first-order valence-corrected chi connectivity index (χ1v) is 7.76. The Balaban J connectivity index is 1.81. The lowest BCUT2D eigenvalue weighted by atomic mass is 10.1. The monoisotopic (exact) mass is 334 g/mol. The number of aryl methyl sites for hydroxylation is 1. The third-order valence-electron chi connectivity index (χ3n) is 4.04. The van der Waals surface area contributed by atoms with Gasteiger partial charge in [0.05, 0.1) is 25.8 Å². The topological polar surface area (TPSA) is 69.5 Å². The number of ether oxygens (including phenoxy) is 2. The largest absolute Gasteiger partial charge is 0.494 e. The third-order valence-corrected chi connectivity index (χ3v) is 4.04. The molecule has 0 spiro atoms. The lowest BCUT2D eigenvalue weighted by Crippen LogP contribution is -2.43. The molecule has 8 heteroatoms. The van der Waals surface area contributed by atoms with E-state index in [4.69, 9.17) is 9.47 Å². The van der Waals surface area contributed by atoms with Gasteiger partial charge in [0.1, 0.15) is 12.4 Å². The first-order chi connectivity index (χ1) is 11.7. The Hall–Kier alpha value is -2.48. The van der Waals surface area contributed by atoms with Gasteiger partial charge in [-0.2, -0.15) is 0 Å². The molecule has 1 aromatic heterocycles. The highest BCUT2D eigenvalue weighted by molar-refractivity contribution is 5.95.